The zero-order valence-corrected chi connectivity index (χ0v) is 10.1. The van der Waals surface area contributed by atoms with Crippen LogP contribution in [0.5, 0.6) is 0 Å². The van der Waals surface area contributed by atoms with Crippen LogP contribution in [0.15, 0.2) is 48.8 Å². The van der Waals surface area contributed by atoms with Gasteiger partial charge in [-0.15, -0.1) is 11.3 Å². The molecule has 0 aliphatic heterocycles. The van der Waals surface area contributed by atoms with Crippen LogP contribution in [0, 0.1) is 0 Å². The van der Waals surface area contributed by atoms with Crippen molar-refractivity contribution in [2.45, 2.75) is 6.54 Å². The van der Waals surface area contributed by atoms with Gasteiger partial charge in [0.25, 0.3) is 0 Å². The number of rotatable bonds is 2. The fourth-order valence-corrected chi connectivity index (χ4v) is 2.90. The van der Waals surface area contributed by atoms with Crippen molar-refractivity contribution in [3.63, 3.8) is 0 Å². The standard InChI is InChI=1S/C14H12N2S/c15-8-11-4-5-14(17-11)13-3-1-2-10-9-16-7-6-12(10)13/h1-7,9H,8,15H2. The molecule has 2 aromatic heterocycles. The van der Waals surface area contributed by atoms with Gasteiger partial charge in [0, 0.05) is 34.1 Å². The van der Waals surface area contributed by atoms with Crippen LogP contribution in [0.2, 0.25) is 0 Å². The van der Waals surface area contributed by atoms with Crippen molar-refractivity contribution in [1.82, 2.24) is 4.98 Å². The number of hydrogen-bond donors (Lipinski definition) is 1. The minimum Gasteiger partial charge on any atom is -0.326 e. The molecule has 0 atom stereocenters. The third-order valence-corrected chi connectivity index (χ3v) is 3.95. The van der Waals surface area contributed by atoms with Crippen molar-refractivity contribution in [3.05, 3.63) is 53.7 Å². The average molecular weight is 240 g/mol. The molecular formula is C14H12N2S. The lowest BCUT2D eigenvalue weighted by Gasteiger charge is -2.03. The van der Waals surface area contributed by atoms with Crippen LogP contribution in [0.3, 0.4) is 0 Å². The van der Waals surface area contributed by atoms with Crippen LogP contribution in [-0.4, -0.2) is 4.98 Å². The molecule has 2 heterocycles. The first-order valence-electron chi connectivity index (χ1n) is 5.50. The molecule has 2 N–H and O–H groups in total. The lowest BCUT2D eigenvalue weighted by Crippen LogP contribution is -1.91. The Hall–Kier alpha value is -1.71. The largest absolute Gasteiger partial charge is 0.326 e. The van der Waals surface area contributed by atoms with E-state index in [0.29, 0.717) is 6.54 Å². The van der Waals surface area contributed by atoms with E-state index in [1.807, 2.05) is 12.4 Å². The molecule has 3 heteroatoms. The average Bonchev–Trinajstić information content (AvgIpc) is 2.87. The Morgan fingerprint density at radius 3 is 2.88 bits per heavy atom. The van der Waals surface area contributed by atoms with Crippen molar-refractivity contribution < 1.29 is 0 Å². The Labute approximate surface area is 104 Å². The predicted molar refractivity (Wildman–Crippen MR) is 72.9 cm³/mol. The summed E-state index contributed by atoms with van der Waals surface area (Å²) in [5, 5.41) is 2.42. The second-order valence-corrected chi connectivity index (χ2v) is 5.04. The molecule has 84 valence electrons. The second-order valence-electron chi connectivity index (χ2n) is 3.87. The van der Waals surface area contributed by atoms with Crippen LogP contribution in [0.1, 0.15) is 4.88 Å². The normalized spacial score (nSPS) is 10.9. The van der Waals surface area contributed by atoms with Crippen molar-refractivity contribution in [2.75, 3.05) is 0 Å². The SMILES string of the molecule is NCc1ccc(-c2cccc3cnccc23)s1. The number of pyridine rings is 1. The van der Waals surface area contributed by atoms with Crippen molar-refractivity contribution >= 4 is 22.1 Å². The first-order valence-corrected chi connectivity index (χ1v) is 6.32. The molecule has 2 nitrogen and oxygen atoms in total. The summed E-state index contributed by atoms with van der Waals surface area (Å²) in [5.41, 5.74) is 6.91. The van der Waals surface area contributed by atoms with Crippen LogP contribution >= 0.6 is 11.3 Å². The maximum atomic E-state index is 5.65. The molecule has 0 amide bonds. The summed E-state index contributed by atoms with van der Waals surface area (Å²) in [6, 6.07) is 12.6. The molecule has 0 aliphatic carbocycles. The molecule has 0 spiro atoms. The summed E-state index contributed by atoms with van der Waals surface area (Å²) in [6.45, 7) is 0.608. The Balaban J connectivity index is 2.23. The smallest absolute Gasteiger partial charge is 0.0352 e. The molecule has 0 unspecified atom stereocenters. The molecule has 0 aliphatic rings. The van der Waals surface area contributed by atoms with E-state index < -0.39 is 0 Å². The molecule has 0 bridgehead atoms. The van der Waals surface area contributed by atoms with Crippen molar-refractivity contribution in [1.29, 1.82) is 0 Å². The molecule has 0 radical (unpaired) electrons. The van der Waals surface area contributed by atoms with Gasteiger partial charge in [-0.3, -0.25) is 4.98 Å². The monoisotopic (exact) mass is 240 g/mol. The number of nitrogens with two attached hydrogens (primary N) is 1. The summed E-state index contributed by atoms with van der Waals surface area (Å²) >= 11 is 1.76. The van der Waals surface area contributed by atoms with Crippen molar-refractivity contribution in [3.8, 4) is 10.4 Å². The minimum absolute atomic E-state index is 0.608. The van der Waals surface area contributed by atoms with Gasteiger partial charge in [0.05, 0.1) is 0 Å². The highest BCUT2D eigenvalue weighted by Crippen LogP contribution is 2.33. The van der Waals surface area contributed by atoms with Crippen LogP contribution in [0.4, 0.5) is 0 Å². The maximum absolute atomic E-state index is 5.65. The first kappa shape index (κ1) is 10.4. The zero-order chi connectivity index (χ0) is 11.7. The third kappa shape index (κ3) is 1.84. The van der Waals surface area contributed by atoms with Crippen LogP contribution < -0.4 is 5.73 Å². The minimum atomic E-state index is 0.608. The number of thiophene rings is 1. The van der Waals surface area contributed by atoms with Gasteiger partial charge in [-0.2, -0.15) is 0 Å². The van der Waals surface area contributed by atoms with E-state index in [1.54, 1.807) is 11.3 Å². The van der Waals surface area contributed by atoms with E-state index in [4.69, 9.17) is 5.73 Å². The fourth-order valence-electron chi connectivity index (χ4n) is 1.97. The third-order valence-electron chi connectivity index (χ3n) is 2.81. The predicted octanol–water partition coefficient (Wildman–Crippen LogP) is 3.42. The molecule has 0 saturated carbocycles. The number of benzene rings is 1. The maximum Gasteiger partial charge on any atom is 0.0352 e. The Bertz CT molecular complexity index is 653. The van der Waals surface area contributed by atoms with Gasteiger partial charge in [-0.25, -0.2) is 0 Å². The lowest BCUT2D eigenvalue weighted by molar-refractivity contribution is 1.11. The Kier molecular flexibility index (Phi) is 2.63. The van der Waals surface area contributed by atoms with E-state index in [-0.39, 0.29) is 0 Å². The summed E-state index contributed by atoms with van der Waals surface area (Å²) in [6.07, 6.45) is 3.74. The van der Waals surface area contributed by atoms with E-state index in [9.17, 15) is 0 Å². The van der Waals surface area contributed by atoms with Gasteiger partial charge in [0.15, 0.2) is 0 Å². The van der Waals surface area contributed by atoms with Crippen LogP contribution in [0.25, 0.3) is 21.2 Å². The number of aromatic nitrogens is 1. The number of fused-ring (bicyclic) bond motifs is 1. The topological polar surface area (TPSA) is 38.9 Å². The highest BCUT2D eigenvalue weighted by Gasteiger charge is 2.05. The van der Waals surface area contributed by atoms with Gasteiger partial charge in [-0.1, -0.05) is 18.2 Å². The van der Waals surface area contributed by atoms with E-state index in [2.05, 4.69) is 41.4 Å². The zero-order valence-electron chi connectivity index (χ0n) is 9.26. The number of hydrogen-bond acceptors (Lipinski definition) is 3. The molecule has 0 fully saturated rings. The second kappa shape index (κ2) is 4.28. The van der Waals surface area contributed by atoms with Gasteiger partial charge in [0.2, 0.25) is 0 Å². The molecule has 3 aromatic rings. The van der Waals surface area contributed by atoms with Crippen LogP contribution in [-0.2, 0) is 6.54 Å². The molecule has 0 saturated heterocycles. The van der Waals surface area contributed by atoms with E-state index in [1.165, 1.54) is 26.1 Å². The quantitative estimate of drug-likeness (QED) is 0.745. The summed E-state index contributed by atoms with van der Waals surface area (Å²) in [4.78, 5) is 6.63. The fraction of sp³-hybridized carbons (Fsp3) is 0.0714. The van der Waals surface area contributed by atoms with E-state index >= 15 is 0 Å². The number of nitrogens with zero attached hydrogens (tertiary/aromatic N) is 1. The van der Waals surface area contributed by atoms with Crippen molar-refractivity contribution in [2.24, 2.45) is 5.73 Å². The molecule has 17 heavy (non-hydrogen) atoms. The summed E-state index contributed by atoms with van der Waals surface area (Å²) in [7, 11) is 0. The Morgan fingerprint density at radius 1 is 1.12 bits per heavy atom. The first-order chi connectivity index (χ1) is 8.38. The summed E-state index contributed by atoms with van der Waals surface area (Å²) < 4.78 is 0. The van der Waals surface area contributed by atoms with Gasteiger partial charge in [-0.05, 0) is 29.1 Å². The summed E-state index contributed by atoms with van der Waals surface area (Å²) in [5.74, 6) is 0. The van der Waals surface area contributed by atoms with Gasteiger partial charge < -0.3 is 5.73 Å². The van der Waals surface area contributed by atoms with Gasteiger partial charge >= 0.3 is 0 Å². The Morgan fingerprint density at radius 2 is 2.06 bits per heavy atom. The lowest BCUT2D eigenvalue weighted by atomic mass is 10.1. The highest BCUT2D eigenvalue weighted by molar-refractivity contribution is 7.15. The highest BCUT2D eigenvalue weighted by atomic mass is 32.1. The molecular weight excluding hydrogens is 228 g/mol. The molecule has 3 rings (SSSR count). The van der Waals surface area contributed by atoms with E-state index in [0.717, 1.165) is 0 Å². The molecule has 1 aromatic carbocycles. The van der Waals surface area contributed by atoms with Gasteiger partial charge in [0.1, 0.15) is 0 Å².